The minimum Gasteiger partial charge on any atom is -0.497 e. The zero-order valence-corrected chi connectivity index (χ0v) is 19.4. The van der Waals surface area contributed by atoms with Crippen molar-refractivity contribution in [3.63, 3.8) is 0 Å². The lowest BCUT2D eigenvalue weighted by atomic mass is 9.86. The number of hydrogen-bond donors (Lipinski definition) is 2. The predicted octanol–water partition coefficient (Wildman–Crippen LogP) is 4.22. The Morgan fingerprint density at radius 3 is 2.56 bits per heavy atom. The van der Waals surface area contributed by atoms with Crippen LogP contribution < -0.4 is 20.3 Å². The van der Waals surface area contributed by atoms with E-state index in [-0.39, 0.29) is 17.8 Å². The quantitative estimate of drug-likeness (QED) is 0.413. The number of fused-ring (bicyclic) bond motifs is 1. The number of amides is 1. The molecule has 0 aliphatic heterocycles. The van der Waals surface area contributed by atoms with Crippen molar-refractivity contribution in [2.45, 2.75) is 25.8 Å². The van der Waals surface area contributed by atoms with Crippen molar-refractivity contribution in [3.05, 3.63) is 100 Å². The second-order valence-electron chi connectivity index (χ2n) is 8.64. The van der Waals surface area contributed by atoms with Gasteiger partial charge in [-0.1, -0.05) is 62.4 Å². The van der Waals surface area contributed by atoms with Crippen molar-refractivity contribution >= 4 is 16.8 Å². The van der Waals surface area contributed by atoms with Crippen LogP contribution in [0.3, 0.4) is 0 Å². The molecule has 174 valence electrons. The first-order valence-electron chi connectivity index (χ1n) is 11.0. The normalized spacial score (nSPS) is 11.3. The Morgan fingerprint density at radius 2 is 1.79 bits per heavy atom. The first-order valence-corrected chi connectivity index (χ1v) is 11.0. The summed E-state index contributed by atoms with van der Waals surface area (Å²) in [5.74, 6) is 0.603. The molecule has 0 bridgehead atoms. The minimum absolute atomic E-state index is 0.0536. The number of aromatic amines is 1. The Bertz CT molecular complexity index is 1360. The van der Waals surface area contributed by atoms with Gasteiger partial charge in [-0.15, -0.1) is 0 Å². The van der Waals surface area contributed by atoms with E-state index in [1.807, 2.05) is 42.5 Å². The third kappa shape index (κ3) is 5.09. The van der Waals surface area contributed by atoms with E-state index in [4.69, 9.17) is 9.47 Å². The summed E-state index contributed by atoms with van der Waals surface area (Å²) in [4.78, 5) is 32.5. The molecular formula is C27H27N3O4. The molecule has 34 heavy (non-hydrogen) atoms. The highest BCUT2D eigenvalue weighted by atomic mass is 16.5. The molecule has 7 nitrogen and oxygen atoms in total. The summed E-state index contributed by atoms with van der Waals surface area (Å²) in [6.07, 6.45) is 0. The number of aromatic nitrogens is 2. The summed E-state index contributed by atoms with van der Waals surface area (Å²) in [7, 11) is 1.59. The van der Waals surface area contributed by atoms with Gasteiger partial charge in [0.2, 0.25) is 0 Å². The molecule has 0 radical (unpaired) electrons. The number of ether oxygens (including phenoxy) is 2. The maximum absolute atomic E-state index is 12.9. The van der Waals surface area contributed by atoms with Crippen molar-refractivity contribution in [3.8, 4) is 11.5 Å². The maximum Gasteiger partial charge on any atom is 0.287 e. The summed E-state index contributed by atoms with van der Waals surface area (Å²) in [6, 6.07) is 22.6. The molecule has 4 rings (SSSR count). The molecule has 1 amide bonds. The van der Waals surface area contributed by atoms with Crippen molar-refractivity contribution in [1.82, 2.24) is 15.3 Å². The maximum atomic E-state index is 12.9. The molecule has 7 heteroatoms. The monoisotopic (exact) mass is 457 g/mol. The highest BCUT2D eigenvalue weighted by Gasteiger charge is 2.22. The third-order valence-electron chi connectivity index (χ3n) is 5.64. The number of nitrogens with zero attached hydrogens (tertiary/aromatic N) is 1. The van der Waals surface area contributed by atoms with Crippen molar-refractivity contribution in [2.75, 3.05) is 13.7 Å². The molecule has 2 N–H and O–H groups in total. The van der Waals surface area contributed by atoms with Gasteiger partial charge in [-0.2, -0.15) is 0 Å². The van der Waals surface area contributed by atoms with Crippen LogP contribution in [0.15, 0.2) is 77.6 Å². The van der Waals surface area contributed by atoms with E-state index in [0.717, 1.165) is 11.1 Å². The average Bonchev–Trinajstić information content (AvgIpc) is 2.86. The SMILES string of the molecule is COc1cccc(CNC(=O)c2nc3cccc(OCC(C)(C)c4ccccc4)c3c(=O)[nH]2)c1. The summed E-state index contributed by atoms with van der Waals surface area (Å²) >= 11 is 0. The highest BCUT2D eigenvalue weighted by molar-refractivity contribution is 5.93. The molecule has 4 aromatic rings. The van der Waals surface area contributed by atoms with E-state index in [9.17, 15) is 9.59 Å². The van der Waals surface area contributed by atoms with Gasteiger partial charge in [-0.3, -0.25) is 9.59 Å². The summed E-state index contributed by atoms with van der Waals surface area (Å²) < 4.78 is 11.3. The fourth-order valence-corrected chi connectivity index (χ4v) is 3.67. The summed E-state index contributed by atoms with van der Waals surface area (Å²) in [5.41, 5.74) is 1.71. The second kappa shape index (κ2) is 9.79. The molecule has 0 spiro atoms. The molecule has 0 unspecified atom stereocenters. The number of hydrogen-bond acceptors (Lipinski definition) is 5. The van der Waals surface area contributed by atoms with Crippen molar-refractivity contribution in [1.29, 1.82) is 0 Å². The average molecular weight is 458 g/mol. The molecule has 0 saturated carbocycles. The van der Waals surface area contributed by atoms with Gasteiger partial charge in [0.1, 0.15) is 16.9 Å². The number of nitrogens with one attached hydrogen (secondary N) is 2. The van der Waals surface area contributed by atoms with Gasteiger partial charge in [0.05, 0.1) is 19.2 Å². The molecule has 0 aliphatic rings. The lowest BCUT2D eigenvalue weighted by Crippen LogP contribution is -2.28. The van der Waals surface area contributed by atoms with Crippen molar-refractivity contribution in [2.24, 2.45) is 0 Å². The summed E-state index contributed by atoms with van der Waals surface area (Å²) in [6.45, 7) is 4.81. The number of rotatable bonds is 8. The van der Waals surface area contributed by atoms with Crippen LogP contribution in [0, 0.1) is 0 Å². The number of benzene rings is 3. The van der Waals surface area contributed by atoms with Gasteiger partial charge in [-0.05, 0) is 35.4 Å². The Morgan fingerprint density at radius 1 is 1.03 bits per heavy atom. The van der Waals surface area contributed by atoms with E-state index in [2.05, 4.69) is 41.3 Å². The van der Waals surface area contributed by atoms with Crippen LogP contribution in [-0.4, -0.2) is 29.6 Å². The van der Waals surface area contributed by atoms with Gasteiger partial charge < -0.3 is 19.8 Å². The van der Waals surface area contributed by atoms with E-state index in [0.29, 0.717) is 29.0 Å². The Balaban J connectivity index is 1.52. The molecule has 0 saturated heterocycles. The number of carbonyl (C=O) groups is 1. The highest BCUT2D eigenvalue weighted by Crippen LogP contribution is 2.27. The van der Waals surface area contributed by atoms with Crippen LogP contribution in [0.4, 0.5) is 0 Å². The lowest BCUT2D eigenvalue weighted by molar-refractivity contribution is 0.0940. The standard InChI is InChI=1S/C27H27N3O4/c1-27(2,19-10-5-4-6-11-19)17-34-22-14-8-13-21-23(22)25(31)30-24(29-21)26(32)28-16-18-9-7-12-20(15-18)33-3/h4-15H,16-17H2,1-3H3,(H,28,32)(H,29,30,31). The van der Waals surface area contributed by atoms with Gasteiger partial charge >= 0.3 is 0 Å². The van der Waals surface area contributed by atoms with Crippen LogP contribution in [0.2, 0.25) is 0 Å². The molecule has 0 aliphatic carbocycles. The first kappa shape index (κ1) is 23.0. The Labute approximate surface area is 197 Å². The number of methoxy groups -OCH3 is 1. The van der Waals surface area contributed by atoms with Crippen LogP contribution >= 0.6 is 0 Å². The van der Waals surface area contributed by atoms with Gasteiger partial charge in [0.15, 0.2) is 5.82 Å². The van der Waals surface area contributed by atoms with Crippen LogP contribution in [0.25, 0.3) is 10.9 Å². The fraction of sp³-hybridized carbons (Fsp3) is 0.222. The Hall–Kier alpha value is -4.13. The second-order valence-corrected chi connectivity index (χ2v) is 8.64. The smallest absolute Gasteiger partial charge is 0.287 e. The fourth-order valence-electron chi connectivity index (χ4n) is 3.67. The Kier molecular flexibility index (Phi) is 6.63. The van der Waals surface area contributed by atoms with Crippen LogP contribution in [0.1, 0.15) is 35.6 Å². The lowest BCUT2D eigenvalue weighted by Gasteiger charge is -2.25. The molecule has 0 atom stereocenters. The molecule has 1 heterocycles. The molecule has 0 fully saturated rings. The predicted molar refractivity (Wildman–Crippen MR) is 131 cm³/mol. The van der Waals surface area contributed by atoms with Gasteiger partial charge in [-0.25, -0.2) is 4.98 Å². The topological polar surface area (TPSA) is 93.3 Å². The van der Waals surface area contributed by atoms with E-state index < -0.39 is 11.5 Å². The number of H-pyrrole nitrogens is 1. The summed E-state index contributed by atoms with van der Waals surface area (Å²) in [5, 5.41) is 3.09. The van der Waals surface area contributed by atoms with E-state index in [1.54, 1.807) is 25.3 Å². The zero-order chi connectivity index (χ0) is 24.1. The molecule has 3 aromatic carbocycles. The van der Waals surface area contributed by atoms with Gasteiger partial charge in [0, 0.05) is 12.0 Å². The first-order chi connectivity index (χ1) is 16.4. The molecule has 1 aromatic heterocycles. The van der Waals surface area contributed by atoms with E-state index >= 15 is 0 Å². The zero-order valence-electron chi connectivity index (χ0n) is 19.4. The van der Waals surface area contributed by atoms with Crippen LogP contribution in [-0.2, 0) is 12.0 Å². The van der Waals surface area contributed by atoms with Crippen LogP contribution in [0.5, 0.6) is 11.5 Å². The van der Waals surface area contributed by atoms with Crippen molar-refractivity contribution < 1.29 is 14.3 Å². The van der Waals surface area contributed by atoms with Gasteiger partial charge in [0.25, 0.3) is 11.5 Å². The van der Waals surface area contributed by atoms with E-state index in [1.165, 1.54) is 0 Å². The molecular weight excluding hydrogens is 430 g/mol. The number of carbonyl (C=O) groups excluding carboxylic acids is 1. The minimum atomic E-state index is -0.474. The largest absolute Gasteiger partial charge is 0.497 e. The third-order valence-corrected chi connectivity index (χ3v) is 5.64.